The van der Waals surface area contributed by atoms with E-state index in [1.165, 1.54) is 30.3 Å². The second-order valence-electron chi connectivity index (χ2n) is 4.15. The molecule has 0 radical (unpaired) electrons. The number of hydrogen-bond acceptors (Lipinski definition) is 2. The highest BCUT2D eigenvalue weighted by Gasteiger charge is 2.19. The summed E-state index contributed by atoms with van der Waals surface area (Å²) in [5.74, 6) is -0.775. The van der Waals surface area contributed by atoms with Crippen LogP contribution in [0.3, 0.4) is 0 Å². The van der Waals surface area contributed by atoms with Crippen molar-refractivity contribution in [2.75, 3.05) is 6.61 Å². The van der Waals surface area contributed by atoms with Crippen molar-refractivity contribution in [1.29, 1.82) is 0 Å². The first-order chi connectivity index (χ1) is 9.93. The van der Waals surface area contributed by atoms with E-state index in [-0.39, 0.29) is 21.2 Å². The molecule has 21 heavy (non-hydrogen) atoms. The van der Waals surface area contributed by atoms with E-state index in [4.69, 9.17) is 27.9 Å². The summed E-state index contributed by atoms with van der Waals surface area (Å²) in [6, 6.07) is 6.96. The average molecular weight is 392 g/mol. The smallest absolute Gasteiger partial charge is 0.197 e. The fourth-order valence-corrected chi connectivity index (χ4v) is 2.60. The molecule has 0 bridgehead atoms. The van der Waals surface area contributed by atoms with Crippen LogP contribution in [0, 0.1) is 5.82 Å². The second-order valence-corrected chi connectivity index (χ2v) is 5.88. The van der Waals surface area contributed by atoms with Gasteiger partial charge in [0.25, 0.3) is 0 Å². The van der Waals surface area contributed by atoms with Crippen LogP contribution in [0.5, 0.6) is 5.75 Å². The van der Waals surface area contributed by atoms with Gasteiger partial charge in [0.2, 0.25) is 0 Å². The number of ether oxygens (including phenoxy) is 1. The van der Waals surface area contributed by atoms with Crippen molar-refractivity contribution in [2.24, 2.45) is 0 Å². The van der Waals surface area contributed by atoms with Crippen LogP contribution in [0.25, 0.3) is 0 Å². The number of hydrogen-bond donors (Lipinski definition) is 0. The van der Waals surface area contributed by atoms with Crippen LogP contribution in [-0.2, 0) is 0 Å². The molecule has 0 heterocycles. The van der Waals surface area contributed by atoms with Gasteiger partial charge in [0.15, 0.2) is 5.78 Å². The first-order valence-electron chi connectivity index (χ1n) is 6.05. The van der Waals surface area contributed by atoms with Gasteiger partial charge in [0.1, 0.15) is 11.6 Å². The SMILES string of the molecule is CCOc1cc(Cl)c(C(=O)c2cc(Br)ccc2F)cc1Cl. The first-order valence-corrected chi connectivity index (χ1v) is 7.60. The molecule has 2 aromatic carbocycles. The molecule has 0 saturated heterocycles. The Morgan fingerprint density at radius 2 is 1.90 bits per heavy atom. The molecule has 0 fully saturated rings. The van der Waals surface area contributed by atoms with Crippen LogP contribution in [-0.4, -0.2) is 12.4 Å². The Balaban J connectivity index is 2.49. The minimum absolute atomic E-state index is 0.0773. The molecule has 0 aliphatic rings. The third kappa shape index (κ3) is 3.57. The van der Waals surface area contributed by atoms with Crippen LogP contribution in [0.15, 0.2) is 34.8 Å². The summed E-state index contributed by atoms with van der Waals surface area (Å²) in [4.78, 5) is 12.4. The largest absolute Gasteiger partial charge is 0.492 e. The Morgan fingerprint density at radius 1 is 1.19 bits per heavy atom. The highest BCUT2D eigenvalue weighted by molar-refractivity contribution is 9.10. The molecule has 2 nitrogen and oxygen atoms in total. The number of carbonyl (C=O) groups excluding carboxylic acids is 1. The Kier molecular flexibility index (Phi) is 5.25. The third-order valence-corrected chi connectivity index (χ3v) is 3.84. The number of ketones is 1. The van der Waals surface area contributed by atoms with E-state index in [9.17, 15) is 9.18 Å². The van der Waals surface area contributed by atoms with Crippen LogP contribution in [0.2, 0.25) is 10.0 Å². The van der Waals surface area contributed by atoms with E-state index < -0.39 is 11.6 Å². The van der Waals surface area contributed by atoms with Crippen LogP contribution in [0.1, 0.15) is 22.8 Å². The lowest BCUT2D eigenvalue weighted by molar-refractivity contribution is 0.103. The molecule has 0 amide bonds. The maximum atomic E-state index is 13.8. The molecule has 110 valence electrons. The van der Waals surface area contributed by atoms with E-state index in [1.807, 2.05) is 0 Å². The zero-order valence-electron chi connectivity index (χ0n) is 10.9. The zero-order chi connectivity index (χ0) is 15.6. The van der Waals surface area contributed by atoms with Crippen molar-refractivity contribution in [3.63, 3.8) is 0 Å². The highest BCUT2D eigenvalue weighted by Crippen LogP contribution is 2.33. The summed E-state index contributed by atoms with van der Waals surface area (Å²) in [5, 5.41) is 0.409. The fourth-order valence-electron chi connectivity index (χ4n) is 1.79. The van der Waals surface area contributed by atoms with E-state index in [1.54, 1.807) is 6.92 Å². The first kappa shape index (κ1) is 16.3. The van der Waals surface area contributed by atoms with Crippen LogP contribution >= 0.6 is 39.1 Å². The predicted molar refractivity (Wildman–Crippen MR) is 85.2 cm³/mol. The van der Waals surface area contributed by atoms with Crippen molar-refractivity contribution >= 4 is 44.9 Å². The van der Waals surface area contributed by atoms with Gasteiger partial charge in [-0.15, -0.1) is 0 Å². The van der Waals surface area contributed by atoms with E-state index in [0.717, 1.165) is 0 Å². The van der Waals surface area contributed by atoms with Gasteiger partial charge >= 0.3 is 0 Å². The Hall–Kier alpha value is -1.10. The van der Waals surface area contributed by atoms with Gasteiger partial charge < -0.3 is 4.74 Å². The molecular weight excluding hydrogens is 382 g/mol. The maximum Gasteiger partial charge on any atom is 0.197 e. The van der Waals surface area contributed by atoms with Crippen LogP contribution in [0.4, 0.5) is 4.39 Å². The highest BCUT2D eigenvalue weighted by atomic mass is 79.9. The second kappa shape index (κ2) is 6.77. The Labute approximate surface area is 139 Å². The van der Waals surface area contributed by atoms with Gasteiger partial charge in [-0.05, 0) is 31.2 Å². The standard InChI is InChI=1S/C15H10BrCl2FO2/c1-2-21-14-7-11(17)9(6-12(14)18)15(20)10-5-8(16)3-4-13(10)19/h3-7H,2H2,1H3. The van der Waals surface area contributed by atoms with E-state index in [2.05, 4.69) is 15.9 Å². The van der Waals surface area contributed by atoms with Gasteiger partial charge in [-0.3, -0.25) is 4.79 Å². The quantitative estimate of drug-likeness (QED) is 0.641. The van der Waals surface area contributed by atoms with Crippen molar-refractivity contribution in [2.45, 2.75) is 6.92 Å². The molecule has 0 aliphatic heterocycles. The van der Waals surface area contributed by atoms with Crippen molar-refractivity contribution in [3.05, 3.63) is 61.8 Å². The molecule has 0 N–H and O–H groups in total. The van der Waals surface area contributed by atoms with Gasteiger partial charge in [-0.25, -0.2) is 4.39 Å². The molecular formula is C15H10BrCl2FO2. The molecule has 0 atom stereocenters. The van der Waals surface area contributed by atoms with Gasteiger partial charge in [0, 0.05) is 16.1 Å². The van der Waals surface area contributed by atoms with E-state index in [0.29, 0.717) is 16.8 Å². The molecule has 2 rings (SSSR count). The normalized spacial score (nSPS) is 10.5. The number of benzene rings is 2. The summed E-state index contributed by atoms with van der Waals surface area (Å²) in [7, 11) is 0. The zero-order valence-corrected chi connectivity index (χ0v) is 14.0. The topological polar surface area (TPSA) is 26.3 Å². The van der Waals surface area contributed by atoms with Crippen molar-refractivity contribution in [3.8, 4) is 5.75 Å². The summed E-state index contributed by atoms with van der Waals surface area (Å²) in [6.45, 7) is 2.23. The molecule has 2 aromatic rings. The van der Waals surface area contributed by atoms with Gasteiger partial charge in [0.05, 0.1) is 22.2 Å². The van der Waals surface area contributed by atoms with Crippen LogP contribution < -0.4 is 4.74 Å². The molecule has 0 unspecified atom stereocenters. The molecule has 0 spiro atoms. The minimum atomic E-state index is -0.621. The predicted octanol–water partition coefficient (Wildman–Crippen LogP) is 5.52. The van der Waals surface area contributed by atoms with Crippen molar-refractivity contribution in [1.82, 2.24) is 0 Å². The summed E-state index contributed by atoms with van der Waals surface area (Å²) in [5.41, 5.74) is 0.0496. The molecule has 0 aromatic heterocycles. The lowest BCUT2D eigenvalue weighted by Crippen LogP contribution is -2.06. The molecule has 6 heteroatoms. The van der Waals surface area contributed by atoms with Gasteiger partial charge in [-0.1, -0.05) is 39.1 Å². The molecule has 0 saturated carbocycles. The van der Waals surface area contributed by atoms with Gasteiger partial charge in [-0.2, -0.15) is 0 Å². The third-order valence-electron chi connectivity index (χ3n) is 2.74. The fraction of sp³-hybridized carbons (Fsp3) is 0.133. The summed E-state index contributed by atoms with van der Waals surface area (Å²) < 4.78 is 19.7. The number of rotatable bonds is 4. The maximum absolute atomic E-state index is 13.8. The lowest BCUT2D eigenvalue weighted by Gasteiger charge is -2.10. The Bertz CT molecular complexity index is 704. The summed E-state index contributed by atoms with van der Waals surface area (Å²) in [6.07, 6.45) is 0. The van der Waals surface area contributed by atoms with Crippen molar-refractivity contribution < 1.29 is 13.9 Å². The summed E-state index contributed by atoms with van der Waals surface area (Å²) >= 11 is 15.3. The molecule has 0 aliphatic carbocycles. The number of halogens is 4. The monoisotopic (exact) mass is 390 g/mol. The minimum Gasteiger partial charge on any atom is -0.492 e. The Morgan fingerprint density at radius 3 is 2.57 bits per heavy atom. The number of carbonyl (C=O) groups is 1. The average Bonchev–Trinajstić information content (AvgIpc) is 2.44. The van der Waals surface area contributed by atoms with E-state index >= 15 is 0 Å². The lowest BCUT2D eigenvalue weighted by atomic mass is 10.0.